The van der Waals surface area contributed by atoms with E-state index in [1.54, 1.807) is 6.20 Å². The number of morpholine rings is 1. The topological polar surface area (TPSA) is 54.5 Å². The Labute approximate surface area is 152 Å². The van der Waals surface area contributed by atoms with E-state index in [9.17, 15) is 4.79 Å². The number of hydrogen-bond acceptors (Lipinski definition) is 4. The number of carbonyl (C=O) groups excluding carboxylic acids is 1. The van der Waals surface area contributed by atoms with E-state index in [-0.39, 0.29) is 5.91 Å². The van der Waals surface area contributed by atoms with Crippen molar-refractivity contribution >= 4 is 28.2 Å². The van der Waals surface area contributed by atoms with Gasteiger partial charge in [-0.2, -0.15) is 0 Å². The van der Waals surface area contributed by atoms with Crippen LogP contribution in [0, 0.1) is 6.92 Å². The lowest BCUT2D eigenvalue weighted by Gasteiger charge is -2.30. The number of hydrogen-bond donors (Lipinski definition) is 1. The number of carbonyl (C=O) groups is 1. The molecule has 1 N–H and O–H groups in total. The minimum absolute atomic E-state index is 0.109. The van der Waals surface area contributed by atoms with Gasteiger partial charge in [-0.1, -0.05) is 30.3 Å². The number of amides is 1. The van der Waals surface area contributed by atoms with Gasteiger partial charge in [-0.15, -0.1) is 0 Å². The molecule has 2 heterocycles. The first-order valence-electron chi connectivity index (χ1n) is 8.81. The van der Waals surface area contributed by atoms with Gasteiger partial charge < -0.3 is 15.0 Å². The molecule has 0 saturated carbocycles. The molecule has 0 bridgehead atoms. The molecule has 1 aromatic heterocycles. The molecule has 1 aliphatic rings. The van der Waals surface area contributed by atoms with E-state index in [1.165, 1.54) is 0 Å². The van der Waals surface area contributed by atoms with Gasteiger partial charge in [-0.3, -0.25) is 9.78 Å². The summed E-state index contributed by atoms with van der Waals surface area (Å²) < 4.78 is 5.45. The van der Waals surface area contributed by atoms with Gasteiger partial charge in [0.15, 0.2) is 0 Å². The van der Waals surface area contributed by atoms with Gasteiger partial charge in [0.05, 0.1) is 30.0 Å². The van der Waals surface area contributed by atoms with Gasteiger partial charge >= 0.3 is 0 Å². The molecule has 1 saturated heterocycles. The lowest BCUT2D eigenvalue weighted by Crippen LogP contribution is -2.37. The molecule has 132 valence electrons. The molecular weight excluding hydrogens is 326 g/mol. The van der Waals surface area contributed by atoms with Crippen molar-refractivity contribution in [1.29, 1.82) is 0 Å². The van der Waals surface area contributed by atoms with Crippen LogP contribution in [0.5, 0.6) is 0 Å². The number of pyridine rings is 1. The summed E-state index contributed by atoms with van der Waals surface area (Å²) in [6.45, 7) is 4.92. The lowest BCUT2D eigenvalue weighted by atomic mass is 10.0. The SMILES string of the molecule is Cc1cccc(N2CCOCC2)c1C(=O)Nc1cccc2cccnc12. The second-order valence-corrected chi connectivity index (χ2v) is 6.40. The molecule has 3 aromatic rings. The second-order valence-electron chi connectivity index (χ2n) is 6.40. The van der Waals surface area contributed by atoms with Crippen molar-refractivity contribution in [2.24, 2.45) is 0 Å². The summed E-state index contributed by atoms with van der Waals surface area (Å²) in [5.74, 6) is -0.109. The summed E-state index contributed by atoms with van der Waals surface area (Å²) in [5, 5.41) is 4.07. The van der Waals surface area contributed by atoms with Crippen molar-refractivity contribution < 1.29 is 9.53 Å². The number of ether oxygens (including phenoxy) is 1. The van der Waals surface area contributed by atoms with Crippen molar-refractivity contribution in [3.05, 3.63) is 65.9 Å². The maximum atomic E-state index is 13.1. The third kappa shape index (κ3) is 3.13. The molecule has 0 spiro atoms. The van der Waals surface area contributed by atoms with Crippen molar-refractivity contribution in [2.45, 2.75) is 6.92 Å². The monoisotopic (exact) mass is 347 g/mol. The van der Waals surface area contributed by atoms with Gasteiger partial charge in [0.2, 0.25) is 0 Å². The number of nitrogens with one attached hydrogen (secondary N) is 1. The Hall–Kier alpha value is -2.92. The Kier molecular flexibility index (Phi) is 4.54. The Balaban J connectivity index is 1.70. The first kappa shape index (κ1) is 16.5. The van der Waals surface area contributed by atoms with Gasteiger partial charge in [-0.05, 0) is 30.7 Å². The molecule has 4 rings (SSSR count). The molecular formula is C21H21N3O2. The van der Waals surface area contributed by atoms with Crippen LogP contribution in [0.4, 0.5) is 11.4 Å². The zero-order chi connectivity index (χ0) is 17.9. The Morgan fingerprint density at radius 2 is 1.85 bits per heavy atom. The van der Waals surface area contributed by atoms with Gasteiger partial charge in [0.1, 0.15) is 0 Å². The first-order valence-corrected chi connectivity index (χ1v) is 8.81. The van der Waals surface area contributed by atoms with E-state index in [1.807, 2.05) is 55.5 Å². The maximum Gasteiger partial charge on any atom is 0.258 e. The molecule has 1 fully saturated rings. The van der Waals surface area contributed by atoms with Crippen LogP contribution in [0.25, 0.3) is 10.9 Å². The van der Waals surface area contributed by atoms with Crippen molar-refractivity contribution in [3.63, 3.8) is 0 Å². The molecule has 2 aromatic carbocycles. The molecule has 0 aliphatic carbocycles. The molecule has 0 unspecified atom stereocenters. The predicted molar refractivity (Wildman–Crippen MR) is 104 cm³/mol. The zero-order valence-corrected chi connectivity index (χ0v) is 14.7. The van der Waals surface area contributed by atoms with Gasteiger partial charge in [-0.25, -0.2) is 0 Å². The van der Waals surface area contributed by atoms with Crippen LogP contribution in [-0.2, 0) is 4.74 Å². The van der Waals surface area contributed by atoms with Crippen molar-refractivity contribution in [2.75, 3.05) is 36.5 Å². The highest BCUT2D eigenvalue weighted by molar-refractivity contribution is 6.12. The average molecular weight is 347 g/mol. The van der Waals surface area contributed by atoms with E-state index >= 15 is 0 Å². The summed E-state index contributed by atoms with van der Waals surface area (Å²) in [6, 6.07) is 15.7. The molecule has 1 amide bonds. The Morgan fingerprint density at radius 1 is 1.08 bits per heavy atom. The number of aromatic nitrogens is 1. The van der Waals surface area contributed by atoms with Crippen LogP contribution in [0.15, 0.2) is 54.7 Å². The van der Waals surface area contributed by atoms with Crippen LogP contribution in [0.1, 0.15) is 15.9 Å². The van der Waals surface area contributed by atoms with Crippen LogP contribution >= 0.6 is 0 Å². The minimum atomic E-state index is -0.109. The highest BCUT2D eigenvalue weighted by Gasteiger charge is 2.21. The summed E-state index contributed by atoms with van der Waals surface area (Å²) in [7, 11) is 0. The summed E-state index contributed by atoms with van der Waals surface area (Å²) in [4.78, 5) is 19.8. The molecule has 26 heavy (non-hydrogen) atoms. The third-order valence-electron chi connectivity index (χ3n) is 4.71. The fourth-order valence-corrected chi connectivity index (χ4v) is 3.41. The summed E-state index contributed by atoms with van der Waals surface area (Å²) >= 11 is 0. The molecule has 5 nitrogen and oxygen atoms in total. The van der Waals surface area contributed by atoms with E-state index in [2.05, 4.69) is 15.2 Å². The number of fused-ring (bicyclic) bond motifs is 1. The van der Waals surface area contributed by atoms with Crippen LogP contribution in [-0.4, -0.2) is 37.2 Å². The highest BCUT2D eigenvalue weighted by atomic mass is 16.5. The van der Waals surface area contributed by atoms with E-state index in [0.29, 0.717) is 18.8 Å². The molecule has 0 atom stereocenters. The smallest absolute Gasteiger partial charge is 0.258 e. The average Bonchev–Trinajstić information content (AvgIpc) is 2.68. The highest BCUT2D eigenvalue weighted by Crippen LogP contribution is 2.27. The standard InChI is InChI=1S/C21H21N3O2/c1-15-5-2-9-18(24-11-13-26-14-12-24)19(15)21(25)23-17-8-3-6-16-7-4-10-22-20(16)17/h2-10H,11-14H2,1H3,(H,23,25). The van der Waals surface area contributed by atoms with Crippen LogP contribution in [0.2, 0.25) is 0 Å². The maximum absolute atomic E-state index is 13.1. The van der Waals surface area contributed by atoms with Gasteiger partial charge in [0, 0.05) is 30.4 Å². The van der Waals surface area contributed by atoms with Gasteiger partial charge in [0.25, 0.3) is 5.91 Å². The largest absolute Gasteiger partial charge is 0.378 e. The fraction of sp³-hybridized carbons (Fsp3) is 0.238. The molecule has 5 heteroatoms. The van der Waals surface area contributed by atoms with E-state index in [4.69, 9.17) is 4.74 Å². The number of para-hydroxylation sites is 1. The Bertz CT molecular complexity index is 944. The lowest BCUT2D eigenvalue weighted by molar-refractivity contribution is 0.102. The third-order valence-corrected chi connectivity index (χ3v) is 4.71. The second kappa shape index (κ2) is 7.14. The number of rotatable bonds is 3. The van der Waals surface area contributed by atoms with E-state index < -0.39 is 0 Å². The molecule has 0 radical (unpaired) electrons. The predicted octanol–water partition coefficient (Wildman–Crippen LogP) is 3.63. The van der Waals surface area contributed by atoms with Crippen molar-refractivity contribution in [3.8, 4) is 0 Å². The quantitative estimate of drug-likeness (QED) is 0.786. The number of benzene rings is 2. The summed E-state index contributed by atoms with van der Waals surface area (Å²) in [5.41, 5.74) is 4.15. The van der Waals surface area contributed by atoms with E-state index in [0.717, 1.165) is 40.9 Å². The normalized spacial score (nSPS) is 14.4. The minimum Gasteiger partial charge on any atom is -0.378 e. The Morgan fingerprint density at radius 3 is 2.69 bits per heavy atom. The van der Waals surface area contributed by atoms with Crippen molar-refractivity contribution in [1.82, 2.24) is 4.98 Å². The van der Waals surface area contributed by atoms with Crippen LogP contribution < -0.4 is 10.2 Å². The zero-order valence-electron chi connectivity index (χ0n) is 14.7. The molecule has 1 aliphatic heterocycles. The number of nitrogens with zero attached hydrogens (tertiary/aromatic N) is 2. The fourth-order valence-electron chi connectivity index (χ4n) is 3.41. The summed E-state index contributed by atoms with van der Waals surface area (Å²) in [6.07, 6.45) is 1.74. The van der Waals surface area contributed by atoms with Crippen LogP contribution in [0.3, 0.4) is 0 Å². The number of aryl methyl sites for hydroxylation is 1. The first-order chi connectivity index (χ1) is 12.7. The number of anilines is 2.